The van der Waals surface area contributed by atoms with Gasteiger partial charge in [0, 0.05) is 45.6 Å². The average Bonchev–Trinajstić information content (AvgIpc) is 3.93. The number of benzene rings is 7. The minimum absolute atomic E-state index is 0.561. The summed E-state index contributed by atoms with van der Waals surface area (Å²) < 4.78 is 28.3. The van der Waals surface area contributed by atoms with E-state index in [0.717, 1.165) is 71.6 Å². The first-order valence-corrected chi connectivity index (χ1v) is 21.5. The molecule has 12 rings (SSSR count). The molecule has 0 spiro atoms. The maximum absolute atomic E-state index is 17.0. The Balaban J connectivity index is 1.06. The minimum Gasteiger partial charge on any atom is -0.457 e. The first kappa shape index (κ1) is 32.8. The second-order valence-electron chi connectivity index (χ2n) is 15.0. The lowest BCUT2D eigenvalue weighted by atomic mass is 9.98. The molecule has 58 heavy (non-hydrogen) atoms. The fourth-order valence-electron chi connectivity index (χ4n) is 9.57. The highest BCUT2D eigenvalue weighted by molar-refractivity contribution is 7.20. The van der Waals surface area contributed by atoms with Crippen molar-refractivity contribution in [2.75, 3.05) is 0 Å². The van der Waals surface area contributed by atoms with Gasteiger partial charge in [0.1, 0.15) is 22.8 Å². The molecular formula is C51H33FN4OSi. The van der Waals surface area contributed by atoms with E-state index in [9.17, 15) is 0 Å². The number of pyridine rings is 2. The van der Waals surface area contributed by atoms with Crippen LogP contribution in [0.4, 0.5) is 4.39 Å². The van der Waals surface area contributed by atoms with E-state index in [4.69, 9.17) is 9.72 Å². The van der Waals surface area contributed by atoms with Crippen molar-refractivity contribution < 1.29 is 9.13 Å². The summed E-state index contributed by atoms with van der Waals surface area (Å²) >= 11 is 0. The smallest absolute Gasteiger partial charge is 0.190 e. The summed E-state index contributed by atoms with van der Waals surface area (Å²) in [5.74, 6) is 1.68. The van der Waals surface area contributed by atoms with Gasteiger partial charge >= 0.3 is 0 Å². The summed E-state index contributed by atoms with van der Waals surface area (Å²) in [5.41, 5.74) is 5.58. The SMILES string of the molecule is FC(c1cccc(-n2c3ccccc3c3c4c(cnc32)[Si](c2ccccc2)(c2ccccc2)c2ccccc2O4)c1)c1ccc2c3ccccc3n3ccnc3c2c1. The quantitative estimate of drug-likeness (QED) is 0.130. The second-order valence-corrected chi connectivity index (χ2v) is 18.8. The molecule has 0 aliphatic carbocycles. The van der Waals surface area contributed by atoms with Crippen LogP contribution in [0.15, 0.2) is 195 Å². The summed E-state index contributed by atoms with van der Waals surface area (Å²) in [4.78, 5) is 10.0. The van der Waals surface area contributed by atoms with E-state index in [0.29, 0.717) is 11.1 Å². The van der Waals surface area contributed by atoms with Crippen molar-refractivity contribution >= 4 is 78.1 Å². The topological polar surface area (TPSA) is 44.4 Å². The molecule has 5 nitrogen and oxygen atoms in total. The van der Waals surface area contributed by atoms with Crippen molar-refractivity contribution in [3.63, 3.8) is 0 Å². The Hall–Kier alpha value is -7.35. The zero-order valence-corrected chi connectivity index (χ0v) is 32.1. The van der Waals surface area contributed by atoms with E-state index in [-0.39, 0.29) is 0 Å². The zero-order chi connectivity index (χ0) is 38.4. The predicted molar refractivity (Wildman–Crippen MR) is 235 cm³/mol. The van der Waals surface area contributed by atoms with E-state index < -0.39 is 14.2 Å². The van der Waals surface area contributed by atoms with Crippen molar-refractivity contribution in [2.45, 2.75) is 6.17 Å². The average molecular weight is 765 g/mol. The molecular weight excluding hydrogens is 732 g/mol. The number of alkyl halides is 1. The molecule has 5 heterocycles. The van der Waals surface area contributed by atoms with Crippen molar-refractivity contribution in [1.82, 2.24) is 18.9 Å². The van der Waals surface area contributed by atoms with Crippen LogP contribution in [0.3, 0.4) is 0 Å². The molecule has 1 unspecified atom stereocenters. The number of imidazole rings is 1. The van der Waals surface area contributed by atoms with E-state index in [1.54, 1.807) is 6.20 Å². The third kappa shape index (κ3) is 4.56. The van der Waals surface area contributed by atoms with Gasteiger partial charge in [-0.05, 0) is 68.5 Å². The number of hydrogen-bond acceptors (Lipinski definition) is 3. The molecule has 0 radical (unpaired) electrons. The molecule has 0 saturated carbocycles. The molecule has 0 saturated heterocycles. The minimum atomic E-state index is -2.91. The standard InChI is InChI=1S/C51H33FN4OSi/c52-48(34-26-27-38-39-20-7-9-22-42(39)55-29-28-53-50(55)41(38)31-34)33-14-13-15-35(30-33)56-43-23-10-8-21-40(43)47-49-46(32-54-51(47)56)58(36-16-3-1-4-17-36,37-18-5-2-6-19-37)45-25-12-11-24-44(45)57-49/h1-32,48H. The van der Waals surface area contributed by atoms with Crippen LogP contribution in [-0.2, 0) is 0 Å². The largest absolute Gasteiger partial charge is 0.457 e. The summed E-state index contributed by atoms with van der Waals surface area (Å²) in [6.07, 6.45) is 4.44. The Kier molecular flexibility index (Phi) is 7.12. The summed E-state index contributed by atoms with van der Waals surface area (Å²) in [7, 11) is -2.91. The summed E-state index contributed by atoms with van der Waals surface area (Å²) in [6, 6.07) is 60.5. The number of fused-ring (bicyclic) bond motifs is 12. The number of aromatic nitrogens is 4. The van der Waals surface area contributed by atoms with Crippen molar-refractivity contribution in [1.29, 1.82) is 0 Å². The molecule has 274 valence electrons. The van der Waals surface area contributed by atoms with Crippen LogP contribution in [-0.4, -0.2) is 27.0 Å². The van der Waals surface area contributed by atoms with Gasteiger partial charge in [0.15, 0.2) is 14.2 Å². The Morgan fingerprint density at radius 2 is 1.22 bits per heavy atom. The van der Waals surface area contributed by atoms with Crippen LogP contribution in [0, 0.1) is 0 Å². The first-order chi connectivity index (χ1) is 28.7. The number of nitrogens with zero attached hydrogens (tertiary/aromatic N) is 4. The Morgan fingerprint density at radius 3 is 2.03 bits per heavy atom. The van der Waals surface area contributed by atoms with Gasteiger partial charge in [-0.2, -0.15) is 0 Å². The number of hydrogen-bond donors (Lipinski definition) is 0. The molecule has 1 aliphatic heterocycles. The lowest BCUT2D eigenvalue weighted by Gasteiger charge is -2.39. The Morgan fingerprint density at radius 1 is 0.534 bits per heavy atom. The molecule has 0 fully saturated rings. The Bertz CT molecular complexity index is 3370. The normalized spacial score (nSPS) is 13.8. The monoisotopic (exact) mass is 764 g/mol. The highest BCUT2D eigenvalue weighted by Crippen LogP contribution is 2.41. The molecule has 7 aromatic carbocycles. The number of ether oxygens (including phenoxy) is 1. The molecule has 0 amide bonds. The van der Waals surface area contributed by atoms with Crippen molar-refractivity contribution in [2.24, 2.45) is 0 Å². The zero-order valence-electron chi connectivity index (χ0n) is 31.1. The first-order valence-electron chi connectivity index (χ1n) is 19.5. The number of halogens is 1. The molecule has 1 atom stereocenters. The van der Waals surface area contributed by atoms with Crippen molar-refractivity contribution in [3.8, 4) is 17.2 Å². The van der Waals surface area contributed by atoms with Gasteiger partial charge in [-0.3, -0.25) is 8.97 Å². The van der Waals surface area contributed by atoms with Crippen LogP contribution in [0.2, 0.25) is 0 Å². The maximum atomic E-state index is 17.0. The molecule has 1 aliphatic rings. The summed E-state index contributed by atoms with van der Waals surface area (Å²) in [5, 5.41) is 9.87. The summed E-state index contributed by atoms with van der Waals surface area (Å²) in [6.45, 7) is 0. The third-order valence-corrected chi connectivity index (χ3v) is 16.8. The van der Waals surface area contributed by atoms with Crippen LogP contribution < -0.4 is 25.5 Å². The lowest BCUT2D eigenvalue weighted by molar-refractivity contribution is 0.402. The lowest BCUT2D eigenvalue weighted by Crippen LogP contribution is -2.76. The van der Waals surface area contributed by atoms with Gasteiger partial charge in [-0.15, -0.1) is 0 Å². The van der Waals surface area contributed by atoms with E-state index in [1.807, 2.05) is 73.1 Å². The fraction of sp³-hybridized carbons (Fsp3) is 0.0196. The van der Waals surface area contributed by atoms with E-state index in [1.165, 1.54) is 15.6 Å². The number of para-hydroxylation sites is 3. The van der Waals surface area contributed by atoms with Crippen LogP contribution in [0.1, 0.15) is 17.3 Å². The number of rotatable bonds is 5. The second kappa shape index (κ2) is 12.6. The van der Waals surface area contributed by atoms with Gasteiger partial charge in [0.05, 0.1) is 16.4 Å². The Labute approximate surface area is 333 Å². The van der Waals surface area contributed by atoms with Gasteiger partial charge in [0.2, 0.25) is 0 Å². The van der Waals surface area contributed by atoms with Gasteiger partial charge in [-0.25, -0.2) is 14.4 Å². The molecule has 4 aromatic heterocycles. The van der Waals surface area contributed by atoms with Crippen LogP contribution in [0.25, 0.3) is 54.9 Å². The highest BCUT2D eigenvalue weighted by Gasteiger charge is 2.49. The van der Waals surface area contributed by atoms with Crippen LogP contribution >= 0.6 is 0 Å². The van der Waals surface area contributed by atoms with E-state index >= 15 is 4.39 Å². The molecule has 7 heteroatoms. The molecule has 0 N–H and O–H groups in total. The maximum Gasteiger partial charge on any atom is 0.190 e. The third-order valence-electron chi connectivity index (χ3n) is 12.1. The van der Waals surface area contributed by atoms with Gasteiger partial charge in [-0.1, -0.05) is 140 Å². The fourth-order valence-corrected chi connectivity index (χ4v) is 14.5. The van der Waals surface area contributed by atoms with Gasteiger partial charge < -0.3 is 4.74 Å². The molecule has 11 aromatic rings. The van der Waals surface area contributed by atoms with Crippen molar-refractivity contribution in [3.05, 3.63) is 206 Å². The molecule has 0 bridgehead atoms. The predicted octanol–water partition coefficient (Wildman–Crippen LogP) is 9.67. The van der Waals surface area contributed by atoms with E-state index in [2.05, 4.69) is 129 Å². The highest BCUT2D eigenvalue weighted by atomic mass is 28.3. The van der Waals surface area contributed by atoms with Gasteiger partial charge in [0.25, 0.3) is 0 Å². The van der Waals surface area contributed by atoms with Crippen LogP contribution in [0.5, 0.6) is 11.5 Å².